The molecule has 1 aliphatic rings. The molecule has 1 aromatic rings. The van der Waals surface area contributed by atoms with Crippen LogP contribution in [0.25, 0.3) is 0 Å². The van der Waals surface area contributed by atoms with Crippen molar-refractivity contribution in [2.24, 2.45) is 5.41 Å². The quantitative estimate of drug-likeness (QED) is 0.780. The number of hydrogen-bond acceptors (Lipinski definition) is 2. The van der Waals surface area contributed by atoms with Crippen LogP contribution in [-0.2, 0) is 0 Å². The van der Waals surface area contributed by atoms with Gasteiger partial charge in [0, 0.05) is 12.6 Å². The van der Waals surface area contributed by atoms with Gasteiger partial charge in [0.2, 0.25) is 0 Å². The molecule has 2 rings (SSSR count). The maximum Gasteiger partial charge on any atom is 0.315 e. The third kappa shape index (κ3) is 4.21. The van der Waals surface area contributed by atoms with E-state index in [9.17, 15) is 9.90 Å². The van der Waals surface area contributed by atoms with E-state index in [0.29, 0.717) is 6.42 Å². The molecule has 4 heteroatoms. The normalized spacial score (nSPS) is 21.8. The standard InChI is InChI=1S/C17H26N2O2/c1-17(2)11-6-9-15(17)19-16(21)18-14(10-12-20)13-7-4-3-5-8-13/h3-5,7-8,14-15,20H,6,9-12H2,1-2H3,(H2,18,19,21)/t14-,15?/m1/s1. The smallest absolute Gasteiger partial charge is 0.315 e. The van der Waals surface area contributed by atoms with Crippen LogP contribution in [0.3, 0.4) is 0 Å². The largest absolute Gasteiger partial charge is 0.396 e. The maximum atomic E-state index is 12.2. The van der Waals surface area contributed by atoms with Crippen molar-refractivity contribution in [3.8, 4) is 0 Å². The summed E-state index contributed by atoms with van der Waals surface area (Å²) in [6, 6.07) is 9.71. The van der Waals surface area contributed by atoms with Crippen LogP contribution in [-0.4, -0.2) is 23.8 Å². The Bertz CT molecular complexity index is 459. The second-order valence-electron chi connectivity index (χ2n) is 6.53. The summed E-state index contributed by atoms with van der Waals surface area (Å²) in [5.74, 6) is 0. The molecular weight excluding hydrogens is 264 g/mol. The van der Waals surface area contributed by atoms with Crippen molar-refractivity contribution in [3.63, 3.8) is 0 Å². The van der Waals surface area contributed by atoms with Gasteiger partial charge < -0.3 is 15.7 Å². The van der Waals surface area contributed by atoms with Crippen molar-refractivity contribution in [1.29, 1.82) is 0 Å². The average molecular weight is 290 g/mol. The van der Waals surface area contributed by atoms with Gasteiger partial charge in [0.25, 0.3) is 0 Å². The number of urea groups is 1. The first-order valence-corrected chi connectivity index (χ1v) is 7.76. The van der Waals surface area contributed by atoms with Gasteiger partial charge in [-0.2, -0.15) is 0 Å². The van der Waals surface area contributed by atoms with E-state index in [-0.39, 0.29) is 30.1 Å². The van der Waals surface area contributed by atoms with Crippen LogP contribution in [0.4, 0.5) is 4.79 Å². The lowest BCUT2D eigenvalue weighted by Gasteiger charge is -2.29. The number of carbonyl (C=O) groups excluding carboxylic acids is 1. The first-order valence-electron chi connectivity index (χ1n) is 7.76. The fourth-order valence-electron chi connectivity index (χ4n) is 3.09. The van der Waals surface area contributed by atoms with E-state index in [0.717, 1.165) is 24.8 Å². The van der Waals surface area contributed by atoms with Gasteiger partial charge in [-0.05, 0) is 30.2 Å². The van der Waals surface area contributed by atoms with E-state index in [1.165, 1.54) is 0 Å². The molecular formula is C17H26N2O2. The predicted molar refractivity (Wildman–Crippen MR) is 84.0 cm³/mol. The summed E-state index contributed by atoms with van der Waals surface area (Å²) in [4.78, 5) is 12.2. The average Bonchev–Trinajstić information content (AvgIpc) is 2.78. The molecule has 1 fully saturated rings. The summed E-state index contributed by atoms with van der Waals surface area (Å²) in [5, 5.41) is 15.3. The molecule has 0 aromatic heterocycles. The van der Waals surface area contributed by atoms with Crippen molar-refractivity contribution < 1.29 is 9.90 Å². The molecule has 0 heterocycles. The number of carbonyl (C=O) groups is 1. The van der Waals surface area contributed by atoms with Gasteiger partial charge in [0.15, 0.2) is 0 Å². The van der Waals surface area contributed by atoms with Crippen LogP contribution in [0.15, 0.2) is 30.3 Å². The number of amides is 2. The molecule has 0 bridgehead atoms. The lowest BCUT2D eigenvalue weighted by molar-refractivity contribution is 0.213. The maximum absolute atomic E-state index is 12.2. The molecule has 1 aromatic carbocycles. The van der Waals surface area contributed by atoms with Crippen LogP contribution >= 0.6 is 0 Å². The summed E-state index contributed by atoms with van der Waals surface area (Å²) in [5.41, 5.74) is 1.18. The molecule has 0 radical (unpaired) electrons. The summed E-state index contributed by atoms with van der Waals surface area (Å²) >= 11 is 0. The second kappa shape index (κ2) is 6.94. The molecule has 3 N–H and O–H groups in total. The Hall–Kier alpha value is -1.55. The highest BCUT2D eigenvalue weighted by atomic mass is 16.3. The number of aliphatic hydroxyl groups excluding tert-OH is 1. The van der Waals surface area contributed by atoms with E-state index in [1.807, 2.05) is 30.3 Å². The van der Waals surface area contributed by atoms with Crippen molar-refractivity contribution in [3.05, 3.63) is 35.9 Å². The second-order valence-corrected chi connectivity index (χ2v) is 6.53. The van der Waals surface area contributed by atoms with Crippen LogP contribution in [0, 0.1) is 5.41 Å². The minimum absolute atomic E-state index is 0.0504. The Morgan fingerprint density at radius 1 is 1.38 bits per heavy atom. The first kappa shape index (κ1) is 15.8. The lowest BCUT2D eigenvalue weighted by Crippen LogP contribution is -2.47. The van der Waals surface area contributed by atoms with Gasteiger partial charge in [0.1, 0.15) is 0 Å². The minimum Gasteiger partial charge on any atom is -0.396 e. The summed E-state index contributed by atoms with van der Waals surface area (Å²) in [6.07, 6.45) is 3.87. The fourth-order valence-corrected chi connectivity index (χ4v) is 3.09. The molecule has 0 saturated heterocycles. The fraction of sp³-hybridized carbons (Fsp3) is 0.588. The zero-order valence-corrected chi connectivity index (χ0v) is 12.9. The number of hydrogen-bond donors (Lipinski definition) is 3. The first-order chi connectivity index (χ1) is 10.0. The number of rotatable bonds is 5. The molecule has 4 nitrogen and oxygen atoms in total. The molecule has 0 aliphatic heterocycles. The predicted octanol–water partition coefficient (Wildman–Crippen LogP) is 2.99. The minimum atomic E-state index is -0.152. The zero-order valence-electron chi connectivity index (χ0n) is 12.9. The van der Waals surface area contributed by atoms with E-state index in [2.05, 4.69) is 24.5 Å². The van der Waals surface area contributed by atoms with Gasteiger partial charge in [-0.25, -0.2) is 4.79 Å². The molecule has 2 amide bonds. The van der Waals surface area contributed by atoms with Gasteiger partial charge in [-0.15, -0.1) is 0 Å². The zero-order chi connectivity index (χ0) is 15.3. The number of benzene rings is 1. The Balaban J connectivity index is 1.96. The molecule has 1 unspecified atom stereocenters. The summed E-state index contributed by atoms with van der Waals surface area (Å²) in [7, 11) is 0. The molecule has 1 saturated carbocycles. The Morgan fingerprint density at radius 2 is 2.10 bits per heavy atom. The molecule has 0 spiro atoms. The van der Waals surface area contributed by atoms with E-state index < -0.39 is 0 Å². The van der Waals surface area contributed by atoms with Gasteiger partial charge in [-0.3, -0.25) is 0 Å². The SMILES string of the molecule is CC1(C)CCCC1NC(=O)N[C@H](CCO)c1ccccc1. The van der Waals surface area contributed by atoms with E-state index in [4.69, 9.17) is 0 Å². The molecule has 1 aliphatic carbocycles. The van der Waals surface area contributed by atoms with Crippen molar-refractivity contribution in [2.75, 3.05) is 6.61 Å². The Morgan fingerprint density at radius 3 is 2.67 bits per heavy atom. The molecule has 2 atom stereocenters. The van der Waals surface area contributed by atoms with Crippen molar-refractivity contribution >= 4 is 6.03 Å². The topological polar surface area (TPSA) is 61.4 Å². The lowest BCUT2D eigenvalue weighted by atomic mass is 9.87. The van der Waals surface area contributed by atoms with Crippen molar-refractivity contribution in [1.82, 2.24) is 10.6 Å². The van der Waals surface area contributed by atoms with Crippen LogP contribution in [0.5, 0.6) is 0 Å². The molecule has 21 heavy (non-hydrogen) atoms. The monoisotopic (exact) mass is 290 g/mol. The summed E-state index contributed by atoms with van der Waals surface area (Å²) in [6.45, 7) is 4.45. The van der Waals surface area contributed by atoms with Crippen LogP contribution in [0.1, 0.15) is 51.1 Å². The van der Waals surface area contributed by atoms with Gasteiger partial charge in [-0.1, -0.05) is 50.6 Å². The van der Waals surface area contributed by atoms with Crippen LogP contribution < -0.4 is 10.6 Å². The number of nitrogens with one attached hydrogen (secondary N) is 2. The highest BCUT2D eigenvalue weighted by Gasteiger charge is 2.35. The molecule has 116 valence electrons. The summed E-state index contributed by atoms with van der Waals surface area (Å²) < 4.78 is 0. The van der Waals surface area contributed by atoms with E-state index in [1.54, 1.807) is 0 Å². The van der Waals surface area contributed by atoms with Gasteiger partial charge in [0.05, 0.1) is 6.04 Å². The number of aliphatic hydroxyl groups is 1. The third-order valence-electron chi connectivity index (χ3n) is 4.49. The van der Waals surface area contributed by atoms with E-state index >= 15 is 0 Å². The van der Waals surface area contributed by atoms with Gasteiger partial charge >= 0.3 is 6.03 Å². The highest BCUT2D eigenvalue weighted by Crippen LogP contribution is 2.37. The Kier molecular flexibility index (Phi) is 5.23. The van der Waals surface area contributed by atoms with Crippen LogP contribution in [0.2, 0.25) is 0 Å². The van der Waals surface area contributed by atoms with Crippen molar-refractivity contribution in [2.45, 2.75) is 51.6 Å². The Labute approximate surface area is 126 Å². The third-order valence-corrected chi connectivity index (χ3v) is 4.49. The highest BCUT2D eigenvalue weighted by molar-refractivity contribution is 5.75.